The van der Waals surface area contributed by atoms with Gasteiger partial charge in [0.1, 0.15) is 6.10 Å². The molecule has 1 saturated heterocycles. The highest BCUT2D eigenvalue weighted by molar-refractivity contribution is 5.97. The first-order valence-corrected chi connectivity index (χ1v) is 8.67. The molecule has 5 nitrogen and oxygen atoms in total. The summed E-state index contributed by atoms with van der Waals surface area (Å²) in [6.45, 7) is 0.477. The Morgan fingerprint density at radius 1 is 1.26 bits per heavy atom. The van der Waals surface area contributed by atoms with Crippen LogP contribution < -0.4 is 16.0 Å². The largest absolute Gasteiger partial charge is 0.370 e. The first-order chi connectivity index (χ1) is 11.2. The van der Waals surface area contributed by atoms with Crippen molar-refractivity contribution in [1.82, 2.24) is 0 Å². The number of benzene rings is 1. The summed E-state index contributed by atoms with van der Waals surface area (Å²) in [6, 6.07) is 8.59. The van der Waals surface area contributed by atoms with Crippen LogP contribution >= 0.6 is 0 Å². The van der Waals surface area contributed by atoms with Crippen molar-refractivity contribution in [3.05, 3.63) is 24.3 Å². The third kappa shape index (κ3) is 3.67. The summed E-state index contributed by atoms with van der Waals surface area (Å²) in [4.78, 5) is 14.8. The van der Waals surface area contributed by atoms with Crippen molar-refractivity contribution in [2.24, 2.45) is 5.73 Å². The molecule has 0 aromatic heterocycles. The highest BCUT2D eigenvalue weighted by Gasteiger charge is 2.30. The molecule has 1 saturated carbocycles. The lowest BCUT2D eigenvalue weighted by Gasteiger charge is -2.29. The van der Waals surface area contributed by atoms with E-state index in [-0.39, 0.29) is 18.1 Å². The van der Waals surface area contributed by atoms with Gasteiger partial charge >= 0.3 is 0 Å². The van der Waals surface area contributed by atoms with Gasteiger partial charge in [0.05, 0.1) is 17.5 Å². The smallest absolute Gasteiger partial charge is 0.253 e. The Bertz CT molecular complexity index is 543. The summed E-state index contributed by atoms with van der Waals surface area (Å²) in [5.74, 6) is -0.0618. The molecule has 2 atom stereocenters. The van der Waals surface area contributed by atoms with Crippen LogP contribution in [0.2, 0.25) is 0 Å². The van der Waals surface area contributed by atoms with Crippen molar-refractivity contribution >= 4 is 17.3 Å². The number of anilines is 2. The third-order valence-electron chi connectivity index (χ3n) is 5.08. The molecule has 1 aromatic rings. The van der Waals surface area contributed by atoms with Crippen molar-refractivity contribution in [1.29, 1.82) is 0 Å². The standard InChI is InChI=1S/C18H27N3O2/c1-21(13-6-2-3-7-13)16-9-5-4-8-15(16)20-18(22)17-11-10-14(12-19)23-17/h4-5,8-9,13-14,17H,2-3,6-7,10-12,19H2,1H3,(H,20,22)/t14-,17+/m1/s1. The molecule has 0 spiro atoms. The molecule has 3 N–H and O–H groups in total. The van der Waals surface area contributed by atoms with Crippen LogP contribution in [-0.2, 0) is 9.53 Å². The summed E-state index contributed by atoms with van der Waals surface area (Å²) in [7, 11) is 2.12. The van der Waals surface area contributed by atoms with Crippen LogP contribution in [0.4, 0.5) is 11.4 Å². The number of amides is 1. The maximum Gasteiger partial charge on any atom is 0.253 e. The minimum absolute atomic E-state index is 0.0159. The van der Waals surface area contributed by atoms with Gasteiger partial charge in [-0.2, -0.15) is 0 Å². The van der Waals surface area contributed by atoms with Crippen molar-refractivity contribution in [3.8, 4) is 0 Å². The van der Waals surface area contributed by atoms with Gasteiger partial charge in [0.2, 0.25) is 0 Å². The minimum Gasteiger partial charge on any atom is -0.370 e. The molecular weight excluding hydrogens is 290 g/mol. The molecule has 2 fully saturated rings. The zero-order valence-corrected chi connectivity index (χ0v) is 13.8. The summed E-state index contributed by atoms with van der Waals surface area (Å²) < 4.78 is 5.69. The summed E-state index contributed by atoms with van der Waals surface area (Å²) in [5, 5.41) is 3.06. The number of hydrogen-bond donors (Lipinski definition) is 2. The van der Waals surface area contributed by atoms with E-state index in [0.717, 1.165) is 24.2 Å². The molecule has 0 radical (unpaired) electrons. The normalized spacial score (nSPS) is 24.8. The molecule has 23 heavy (non-hydrogen) atoms. The van der Waals surface area contributed by atoms with Gasteiger partial charge < -0.3 is 20.7 Å². The molecular formula is C18H27N3O2. The van der Waals surface area contributed by atoms with Crippen LogP contribution in [0.25, 0.3) is 0 Å². The molecule has 0 unspecified atom stereocenters. The Hall–Kier alpha value is -1.59. The number of hydrogen-bond acceptors (Lipinski definition) is 4. The van der Waals surface area contributed by atoms with E-state index in [1.54, 1.807) is 0 Å². The number of nitrogens with one attached hydrogen (secondary N) is 1. The fourth-order valence-corrected chi connectivity index (χ4v) is 3.66. The number of para-hydroxylation sites is 2. The molecule has 3 rings (SSSR count). The quantitative estimate of drug-likeness (QED) is 0.875. The van der Waals surface area contributed by atoms with Crippen LogP contribution in [0.1, 0.15) is 38.5 Å². The van der Waals surface area contributed by atoms with Gasteiger partial charge in [-0.25, -0.2) is 0 Å². The van der Waals surface area contributed by atoms with Crippen LogP contribution in [0.5, 0.6) is 0 Å². The average Bonchev–Trinajstić information content (AvgIpc) is 3.26. The van der Waals surface area contributed by atoms with E-state index in [2.05, 4.69) is 23.3 Å². The lowest BCUT2D eigenvalue weighted by atomic mass is 10.1. The van der Waals surface area contributed by atoms with Gasteiger partial charge in [0.15, 0.2) is 0 Å². The topological polar surface area (TPSA) is 67.6 Å². The molecule has 1 aliphatic carbocycles. The van der Waals surface area contributed by atoms with Gasteiger partial charge in [-0.15, -0.1) is 0 Å². The molecule has 0 bridgehead atoms. The van der Waals surface area contributed by atoms with Crippen molar-refractivity contribution in [2.75, 3.05) is 23.8 Å². The summed E-state index contributed by atoms with van der Waals surface area (Å²) in [6.07, 6.45) is 6.27. The number of ether oxygens (including phenoxy) is 1. The third-order valence-corrected chi connectivity index (χ3v) is 5.08. The number of rotatable bonds is 5. The predicted octanol–water partition coefficient (Wildman–Crippen LogP) is 2.51. The Labute approximate surface area is 138 Å². The minimum atomic E-state index is -0.381. The summed E-state index contributed by atoms with van der Waals surface area (Å²) >= 11 is 0. The van der Waals surface area contributed by atoms with E-state index in [0.29, 0.717) is 12.6 Å². The van der Waals surface area contributed by atoms with Crippen LogP contribution in [-0.4, -0.2) is 37.7 Å². The molecule has 126 valence electrons. The zero-order chi connectivity index (χ0) is 16.2. The van der Waals surface area contributed by atoms with E-state index in [4.69, 9.17) is 10.5 Å². The van der Waals surface area contributed by atoms with Crippen molar-refractivity contribution < 1.29 is 9.53 Å². The number of nitrogens with zero attached hydrogens (tertiary/aromatic N) is 1. The molecule has 2 aliphatic rings. The first-order valence-electron chi connectivity index (χ1n) is 8.67. The molecule has 1 aliphatic heterocycles. The van der Waals surface area contributed by atoms with E-state index in [1.807, 2.05) is 18.2 Å². The lowest BCUT2D eigenvalue weighted by Crippen LogP contribution is -2.32. The van der Waals surface area contributed by atoms with Gasteiger partial charge in [0, 0.05) is 19.6 Å². The second-order valence-electron chi connectivity index (χ2n) is 6.62. The second kappa shape index (κ2) is 7.32. The molecule has 1 heterocycles. The Morgan fingerprint density at radius 3 is 2.70 bits per heavy atom. The SMILES string of the molecule is CN(c1ccccc1NC(=O)[C@@H]1CC[C@H](CN)O1)C1CCCC1. The van der Waals surface area contributed by atoms with Gasteiger partial charge in [0.25, 0.3) is 5.91 Å². The maximum absolute atomic E-state index is 12.5. The Morgan fingerprint density at radius 2 is 2.00 bits per heavy atom. The van der Waals surface area contributed by atoms with Gasteiger partial charge in [-0.1, -0.05) is 25.0 Å². The average molecular weight is 317 g/mol. The fourth-order valence-electron chi connectivity index (χ4n) is 3.66. The van der Waals surface area contributed by atoms with E-state index >= 15 is 0 Å². The second-order valence-corrected chi connectivity index (χ2v) is 6.62. The molecule has 5 heteroatoms. The van der Waals surface area contributed by atoms with Crippen molar-refractivity contribution in [2.45, 2.75) is 56.8 Å². The lowest BCUT2D eigenvalue weighted by molar-refractivity contribution is -0.126. The molecule has 1 aromatic carbocycles. The van der Waals surface area contributed by atoms with E-state index in [1.165, 1.54) is 25.7 Å². The highest BCUT2D eigenvalue weighted by Crippen LogP contribution is 2.32. The number of nitrogens with two attached hydrogens (primary N) is 1. The zero-order valence-electron chi connectivity index (χ0n) is 13.8. The Kier molecular flexibility index (Phi) is 5.18. The molecule has 1 amide bonds. The number of carbonyl (C=O) groups is 1. The maximum atomic E-state index is 12.5. The van der Waals surface area contributed by atoms with Gasteiger partial charge in [-0.3, -0.25) is 4.79 Å². The van der Waals surface area contributed by atoms with Crippen LogP contribution in [0.15, 0.2) is 24.3 Å². The summed E-state index contributed by atoms with van der Waals surface area (Å²) in [5.41, 5.74) is 7.57. The van der Waals surface area contributed by atoms with E-state index < -0.39 is 0 Å². The first kappa shape index (κ1) is 16.3. The van der Waals surface area contributed by atoms with Gasteiger partial charge in [-0.05, 0) is 37.8 Å². The monoisotopic (exact) mass is 317 g/mol. The highest BCUT2D eigenvalue weighted by atomic mass is 16.5. The van der Waals surface area contributed by atoms with Crippen molar-refractivity contribution in [3.63, 3.8) is 0 Å². The van der Waals surface area contributed by atoms with Crippen LogP contribution in [0.3, 0.4) is 0 Å². The number of carbonyl (C=O) groups excluding carboxylic acids is 1. The van der Waals surface area contributed by atoms with Crippen LogP contribution in [0, 0.1) is 0 Å². The van der Waals surface area contributed by atoms with E-state index in [9.17, 15) is 4.79 Å². The Balaban J connectivity index is 1.69. The predicted molar refractivity (Wildman–Crippen MR) is 92.7 cm³/mol. The fraction of sp³-hybridized carbons (Fsp3) is 0.611.